The molecule has 0 radical (unpaired) electrons. The van der Waals surface area contributed by atoms with Crippen molar-refractivity contribution in [1.82, 2.24) is 21.3 Å². The van der Waals surface area contributed by atoms with Gasteiger partial charge in [0.25, 0.3) is 0 Å². The van der Waals surface area contributed by atoms with E-state index in [1.54, 1.807) is 30.4 Å². The first-order chi connectivity index (χ1) is 20.8. The maximum absolute atomic E-state index is 13.5. The van der Waals surface area contributed by atoms with Gasteiger partial charge in [-0.15, -0.1) is 0 Å². The number of phenolic OH excluding ortho intramolecular Hbond substituents is 1. The van der Waals surface area contributed by atoms with Crippen LogP contribution in [0.5, 0.6) is 5.75 Å². The third-order valence-corrected chi connectivity index (χ3v) is 7.50. The molecular weight excluding hydrogens is 544 g/mol. The minimum Gasteiger partial charge on any atom is -0.508 e. The van der Waals surface area contributed by atoms with Crippen molar-refractivity contribution < 1.29 is 24.3 Å². The number of urea groups is 1. The number of hydrogen-bond acceptors (Lipinski definition) is 5. The smallest absolute Gasteiger partial charge is 0.315 e. The number of Topliss-reactive ketones (excluding diaryl/α,β-unsaturated/α-hetero) is 1. The molecule has 0 aliphatic carbocycles. The molecule has 43 heavy (non-hydrogen) atoms. The standard InChI is InChI=1S/C34H52N4O5/c1-3-4-5-6-7-8-9-10-11-13-23-36-34(43)38-30(25-27-17-19-28(39)20-18-27)33(42)37-29-15-12-14-22-35-32(41)21-16-26(2)24-31(29)40/h12,15-21,26,29-30,39H,3-11,13-14,22-25H2,1-2H3,(H,35,41)(H,37,42)(H2,36,38,43)/b15-12+,21-16+/t26-,29-,30?/m0/s1. The summed E-state index contributed by atoms with van der Waals surface area (Å²) in [4.78, 5) is 51.2. The Morgan fingerprint density at radius 1 is 0.953 bits per heavy atom. The maximum atomic E-state index is 13.5. The number of nitrogens with one attached hydrogen (secondary N) is 4. The van der Waals surface area contributed by atoms with Gasteiger partial charge in [-0.2, -0.15) is 0 Å². The highest BCUT2D eigenvalue weighted by Crippen LogP contribution is 2.13. The lowest BCUT2D eigenvalue weighted by molar-refractivity contribution is -0.128. The van der Waals surface area contributed by atoms with Gasteiger partial charge >= 0.3 is 6.03 Å². The highest BCUT2D eigenvalue weighted by molar-refractivity contribution is 5.94. The number of ketones is 1. The molecule has 1 aliphatic heterocycles. The molecule has 1 unspecified atom stereocenters. The number of unbranched alkanes of at least 4 members (excludes halogenated alkanes) is 9. The Hall–Kier alpha value is -3.62. The van der Waals surface area contributed by atoms with Crippen molar-refractivity contribution in [3.05, 3.63) is 54.1 Å². The number of allylic oxidation sites excluding steroid dienone is 1. The Labute approximate surface area is 257 Å². The molecule has 1 aromatic carbocycles. The van der Waals surface area contributed by atoms with Crippen LogP contribution in [0.25, 0.3) is 0 Å². The second-order valence-electron chi connectivity index (χ2n) is 11.5. The molecule has 3 atom stereocenters. The molecule has 0 saturated carbocycles. The Morgan fingerprint density at radius 3 is 2.28 bits per heavy atom. The summed E-state index contributed by atoms with van der Waals surface area (Å²) in [5.41, 5.74) is 0.753. The summed E-state index contributed by atoms with van der Waals surface area (Å²) in [6.07, 6.45) is 19.4. The van der Waals surface area contributed by atoms with Crippen LogP contribution in [-0.2, 0) is 20.8 Å². The minimum atomic E-state index is -0.934. The van der Waals surface area contributed by atoms with E-state index in [-0.39, 0.29) is 36.2 Å². The second kappa shape index (κ2) is 21.1. The number of carbonyl (C=O) groups excluding carboxylic acids is 4. The average Bonchev–Trinajstić information content (AvgIpc) is 2.98. The van der Waals surface area contributed by atoms with E-state index >= 15 is 0 Å². The van der Waals surface area contributed by atoms with Crippen LogP contribution in [0.15, 0.2) is 48.6 Å². The molecule has 0 saturated heterocycles. The van der Waals surface area contributed by atoms with Crippen LogP contribution in [0, 0.1) is 5.92 Å². The van der Waals surface area contributed by atoms with Crippen molar-refractivity contribution in [3.8, 4) is 5.75 Å². The first-order valence-electron chi connectivity index (χ1n) is 16.1. The van der Waals surface area contributed by atoms with Crippen molar-refractivity contribution in [2.24, 2.45) is 5.92 Å². The molecule has 0 aromatic heterocycles. The van der Waals surface area contributed by atoms with E-state index in [1.165, 1.54) is 63.2 Å². The molecule has 0 bridgehead atoms. The molecule has 9 nitrogen and oxygen atoms in total. The van der Waals surface area contributed by atoms with Crippen LogP contribution in [0.1, 0.15) is 96.5 Å². The first kappa shape index (κ1) is 35.6. The zero-order valence-corrected chi connectivity index (χ0v) is 26.0. The fraction of sp³-hybridized carbons (Fsp3) is 0.588. The van der Waals surface area contributed by atoms with E-state index in [4.69, 9.17) is 0 Å². The number of carbonyl (C=O) groups is 4. The topological polar surface area (TPSA) is 137 Å². The summed E-state index contributed by atoms with van der Waals surface area (Å²) in [5, 5.41) is 20.9. The summed E-state index contributed by atoms with van der Waals surface area (Å²) >= 11 is 0. The SMILES string of the molecule is CCCCCCCCCCCCNC(=O)NC(Cc1ccc(O)cc1)C(=O)N[C@H]1/C=C/CCNC(=O)/C=C/[C@H](C)CC1=O. The molecule has 0 spiro atoms. The Morgan fingerprint density at radius 2 is 1.60 bits per heavy atom. The Bertz CT molecular complexity index is 1050. The molecule has 5 N–H and O–H groups in total. The zero-order chi connectivity index (χ0) is 31.3. The van der Waals surface area contributed by atoms with Crippen molar-refractivity contribution in [1.29, 1.82) is 0 Å². The van der Waals surface area contributed by atoms with Crippen LogP contribution in [0.2, 0.25) is 0 Å². The first-order valence-corrected chi connectivity index (χ1v) is 16.1. The predicted octanol–water partition coefficient (Wildman–Crippen LogP) is 5.24. The molecule has 1 aliphatic rings. The molecule has 2 rings (SSSR count). The van der Waals surface area contributed by atoms with Gasteiger partial charge in [0, 0.05) is 25.9 Å². The van der Waals surface area contributed by atoms with Crippen molar-refractivity contribution in [2.75, 3.05) is 13.1 Å². The van der Waals surface area contributed by atoms with Crippen LogP contribution in [0.4, 0.5) is 4.79 Å². The average molecular weight is 597 g/mol. The highest BCUT2D eigenvalue weighted by atomic mass is 16.3. The van der Waals surface area contributed by atoms with Gasteiger partial charge in [-0.25, -0.2) is 4.79 Å². The maximum Gasteiger partial charge on any atom is 0.315 e. The van der Waals surface area contributed by atoms with E-state index in [2.05, 4.69) is 28.2 Å². The quantitative estimate of drug-likeness (QED) is 0.131. The van der Waals surface area contributed by atoms with Crippen molar-refractivity contribution in [2.45, 2.75) is 109 Å². The summed E-state index contributed by atoms with van der Waals surface area (Å²) in [6, 6.07) is 4.22. The number of benzene rings is 1. The van der Waals surface area contributed by atoms with Gasteiger partial charge in [0.05, 0.1) is 0 Å². The zero-order valence-electron chi connectivity index (χ0n) is 26.0. The summed E-state index contributed by atoms with van der Waals surface area (Å²) in [7, 11) is 0. The number of phenols is 1. The lowest BCUT2D eigenvalue weighted by Gasteiger charge is -2.22. The third kappa shape index (κ3) is 16.0. The van der Waals surface area contributed by atoms with E-state index < -0.39 is 24.0 Å². The fourth-order valence-corrected chi connectivity index (χ4v) is 4.92. The van der Waals surface area contributed by atoms with Crippen LogP contribution in [-0.4, -0.2) is 53.9 Å². The predicted molar refractivity (Wildman–Crippen MR) is 171 cm³/mol. The molecule has 238 valence electrons. The van der Waals surface area contributed by atoms with Gasteiger partial charge in [-0.3, -0.25) is 14.4 Å². The summed E-state index contributed by atoms with van der Waals surface area (Å²) in [6.45, 7) is 4.99. The fourth-order valence-electron chi connectivity index (χ4n) is 4.92. The van der Waals surface area contributed by atoms with Gasteiger partial charge in [0.15, 0.2) is 5.78 Å². The van der Waals surface area contributed by atoms with Crippen LogP contribution >= 0.6 is 0 Å². The van der Waals surface area contributed by atoms with E-state index in [0.717, 1.165) is 24.8 Å². The van der Waals surface area contributed by atoms with Gasteiger partial charge in [-0.05, 0) is 42.5 Å². The third-order valence-electron chi connectivity index (χ3n) is 7.50. The summed E-state index contributed by atoms with van der Waals surface area (Å²) in [5.74, 6) is -0.943. The molecule has 1 heterocycles. The highest BCUT2D eigenvalue weighted by Gasteiger charge is 2.26. The van der Waals surface area contributed by atoms with Gasteiger partial charge < -0.3 is 26.4 Å². The van der Waals surface area contributed by atoms with E-state index in [1.807, 2.05) is 6.92 Å². The number of hydrogen-bond donors (Lipinski definition) is 5. The van der Waals surface area contributed by atoms with Crippen molar-refractivity contribution >= 4 is 23.6 Å². The molecular formula is C34H52N4O5. The number of aromatic hydroxyl groups is 1. The Kier molecular flexibility index (Phi) is 17.5. The van der Waals surface area contributed by atoms with Crippen molar-refractivity contribution in [3.63, 3.8) is 0 Å². The normalized spacial score (nSPS) is 19.7. The molecule has 4 amide bonds. The van der Waals surface area contributed by atoms with Crippen LogP contribution < -0.4 is 21.3 Å². The van der Waals surface area contributed by atoms with E-state index in [9.17, 15) is 24.3 Å². The van der Waals surface area contributed by atoms with Gasteiger partial charge in [-0.1, -0.05) is 102 Å². The monoisotopic (exact) mass is 596 g/mol. The number of amides is 4. The minimum absolute atomic E-state index is 0.107. The molecule has 9 heteroatoms. The largest absolute Gasteiger partial charge is 0.508 e. The van der Waals surface area contributed by atoms with Gasteiger partial charge in [0.1, 0.15) is 17.8 Å². The number of rotatable bonds is 16. The lowest BCUT2D eigenvalue weighted by Crippen LogP contribution is -2.54. The molecule has 1 aromatic rings. The molecule has 0 fully saturated rings. The van der Waals surface area contributed by atoms with E-state index in [0.29, 0.717) is 19.5 Å². The summed E-state index contributed by atoms with van der Waals surface area (Å²) < 4.78 is 0. The van der Waals surface area contributed by atoms with Gasteiger partial charge in [0.2, 0.25) is 11.8 Å². The lowest BCUT2D eigenvalue weighted by atomic mass is 9.98. The second-order valence-corrected chi connectivity index (χ2v) is 11.5. The Balaban J connectivity index is 1.93. The van der Waals surface area contributed by atoms with Crippen LogP contribution in [0.3, 0.4) is 0 Å².